The Morgan fingerprint density at radius 2 is 2.00 bits per heavy atom. The molecule has 0 radical (unpaired) electrons. The van der Waals surface area contributed by atoms with E-state index in [9.17, 15) is 22.8 Å². The Kier molecular flexibility index (Phi) is 4.80. The van der Waals surface area contributed by atoms with Crippen molar-refractivity contribution in [2.24, 2.45) is 7.05 Å². The Hall–Kier alpha value is -1.96. The molecule has 0 bridgehead atoms. The lowest BCUT2D eigenvalue weighted by molar-refractivity contribution is -0.0327. The zero-order chi connectivity index (χ0) is 16.3. The maximum absolute atomic E-state index is 12.1. The van der Waals surface area contributed by atoms with Gasteiger partial charge >= 0.3 is 5.51 Å². The van der Waals surface area contributed by atoms with E-state index in [1.165, 1.54) is 10.6 Å². The molecule has 1 aromatic heterocycles. The summed E-state index contributed by atoms with van der Waals surface area (Å²) in [4.78, 5) is 24.1. The number of pyridine rings is 1. The van der Waals surface area contributed by atoms with Crippen LogP contribution in [0.5, 0.6) is 0 Å². The molecule has 2 rings (SSSR count). The number of para-hydroxylation sites is 1. The first-order chi connectivity index (χ1) is 10.3. The highest BCUT2D eigenvalue weighted by Gasteiger charge is 2.27. The molecule has 0 saturated heterocycles. The lowest BCUT2D eigenvalue weighted by Crippen LogP contribution is -2.33. The molecular formula is C14H13F3N2O2S. The maximum atomic E-state index is 12.1. The normalized spacial score (nSPS) is 11.6. The number of hydrogen-bond acceptors (Lipinski definition) is 3. The summed E-state index contributed by atoms with van der Waals surface area (Å²) in [6.45, 7) is -0.168. The van der Waals surface area contributed by atoms with Gasteiger partial charge in [0.15, 0.2) is 0 Å². The van der Waals surface area contributed by atoms with E-state index >= 15 is 0 Å². The van der Waals surface area contributed by atoms with Gasteiger partial charge in [-0.3, -0.25) is 9.59 Å². The van der Waals surface area contributed by atoms with Gasteiger partial charge in [-0.25, -0.2) is 0 Å². The summed E-state index contributed by atoms with van der Waals surface area (Å²) < 4.78 is 37.3. The number of aryl methyl sites for hydroxylation is 1. The average Bonchev–Trinajstić information content (AvgIpc) is 2.46. The fraction of sp³-hybridized carbons (Fsp3) is 0.286. The number of carbonyl (C=O) groups excluding carboxylic acids is 1. The number of nitrogens with one attached hydrogen (secondary N) is 1. The van der Waals surface area contributed by atoms with Crippen LogP contribution in [0, 0.1) is 0 Å². The van der Waals surface area contributed by atoms with Gasteiger partial charge in [-0.15, -0.1) is 0 Å². The van der Waals surface area contributed by atoms with E-state index in [1.807, 2.05) is 0 Å². The molecule has 0 atom stereocenters. The van der Waals surface area contributed by atoms with E-state index in [-0.39, 0.29) is 29.6 Å². The summed E-state index contributed by atoms with van der Waals surface area (Å²) in [5, 5.41) is 3.04. The van der Waals surface area contributed by atoms with E-state index in [1.54, 1.807) is 31.3 Å². The summed E-state index contributed by atoms with van der Waals surface area (Å²) >= 11 is -0.217. The molecule has 0 aliphatic rings. The molecule has 1 N–H and O–H groups in total. The van der Waals surface area contributed by atoms with Gasteiger partial charge < -0.3 is 9.88 Å². The molecule has 0 aliphatic carbocycles. The smallest absolute Gasteiger partial charge is 0.351 e. The Balaban J connectivity index is 2.15. The molecule has 0 spiro atoms. The first kappa shape index (κ1) is 16.4. The van der Waals surface area contributed by atoms with Crippen LogP contribution in [0.3, 0.4) is 0 Å². The highest BCUT2D eigenvalue weighted by molar-refractivity contribution is 8.00. The molecule has 0 aliphatic heterocycles. The van der Waals surface area contributed by atoms with Crippen LogP contribution in [0.4, 0.5) is 13.2 Å². The fourth-order valence-corrected chi connectivity index (χ4v) is 2.45. The summed E-state index contributed by atoms with van der Waals surface area (Å²) in [5.41, 5.74) is -4.22. The highest BCUT2D eigenvalue weighted by atomic mass is 32.2. The van der Waals surface area contributed by atoms with Crippen molar-refractivity contribution < 1.29 is 18.0 Å². The van der Waals surface area contributed by atoms with Crippen molar-refractivity contribution in [1.29, 1.82) is 0 Å². The van der Waals surface area contributed by atoms with Crippen molar-refractivity contribution in [2.75, 3.05) is 12.3 Å². The van der Waals surface area contributed by atoms with Crippen molar-refractivity contribution in [2.45, 2.75) is 5.51 Å². The molecule has 1 aromatic carbocycles. The second-order valence-electron chi connectivity index (χ2n) is 4.53. The quantitative estimate of drug-likeness (QED) is 0.877. The predicted octanol–water partition coefficient (Wildman–Crippen LogP) is 2.52. The minimum atomic E-state index is -4.33. The molecule has 0 unspecified atom stereocenters. The van der Waals surface area contributed by atoms with Crippen LogP contribution in [0.1, 0.15) is 10.4 Å². The summed E-state index contributed by atoms with van der Waals surface area (Å²) in [6.07, 6.45) is 0. The van der Waals surface area contributed by atoms with Crippen molar-refractivity contribution in [3.05, 3.63) is 46.2 Å². The number of fused-ring (bicyclic) bond motifs is 1. The molecule has 8 heteroatoms. The topological polar surface area (TPSA) is 51.1 Å². The Morgan fingerprint density at radius 1 is 1.32 bits per heavy atom. The lowest BCUT2D eigenvalue weighted by atomic mass is 10.1. The van der Waals surface area contributed by atoms with Gasteiger partial charge in [0.1, 0.15) is 5.56 Å². The third-order valence-corrected chi connectivity index (χ3v) is 3.77. The summed E-state index contributed by atoms with van der Waals surface area (Å²) in [7, 11) is 1.54. The summed E-state index contributed by atoms with van der Waals surface area (Å²) in [5.74, 6) is -0.975. The standard InChI is InChI=1S/C14H13F3N2O2S/c1-19-11-5-3-2-4-9(11)8-10(13(19)21)12(20)18-6-7-22-14(15,16)17/h2-5,8H,6-7H2,1H3,(H,18,20). The van der Waals surface area contributed by atoms with Crippen LogP contribution < -0.4 is 10.9 Å². The van der Waals surface area contributed by atoms with Crippen LogP contribution >= 0.6 is 11.8 Å². The first-order valence-electron chi connectivity index (χ1n) is 6.37. The Labute approximate surface area is 128 Å². The van der Waals surface area contributed by atoms with Gasteiger partial charge in [0.05, 0.1) is 5.52 Å². The minimum absolute atomic E-state index is 0.0850. The number of nitrogens with zero attached hydrogens (tertiary/aromatic N) is 1. The molecular weight excluding hydrogens is 317 g/mol. The predicted molar refractivity (Wildman–Crippen MR) is 80.0 cm³/mol. The molecule has 2 aromatic rings. The Bertz CT molecular complexity index is 756. The third kappa shape index (κ3) is 3.82. The van der Waals surface area contributed by atoms with Crippen LogP contribution in [-0.2, 0) is 7.05 Å². The van der Waals surface area contributed by atoms with Crippen molar-refractivity contribution in [3.8, 4) is 0 Å². The third-order valence-electron chi connectivity index (χ3n) is 3.03. The zero-order valence-corrected chi connectivity index (χ0v) is 12.4. The second-order valence-corrected chi connectivity index (χ2v) is 5.69. The second kappa shape index (κ2) is 6.43. The van der Waals surface area contributed by atoms with E-state index in [0.717, 1.165) is 0 Å². The minimum Gasteiger partial charge on any atom is -0.351 e. The van der Waals surface area contributed by atoms with Crippen molar-refractivity contribution in [1.82, 2.24) is 9.88 Å². The van der Waals surface area contributed by atoms with E-state index in [2.05, 4.69) is 5.32 Å². The van der Waals surface area contributed by atoms with Gasteiger partial charge in [-0.05, 0) is 29.3 Å². The van der Waals surface area contributed by atoms with Gasteiger partial charge in [0.25, 0.3) is 11.5 Å². The van der Waals surface area contributed by atoms with Crippen LogP contribution in [0.25, 0.3) is 10.9 Å². The molecule has 0 saturated carbocycles. The largest absolute Gasteiger partial charge is 0.441 e. The van der Waals surface area contributed by atoms with Crippen LogP contribution in [0.15, 0.2) is 35.1 Å². The SMILES string of the molecule is Cn1c(=O)c(C(=O)NCCSC(F)(F)F)cc2ccccc21. The number of amides is 1. The molecule has 118 valence electrons. The molecule has 1 heterocycles. The average molecular weight is 330 g/mol. The number of halogens is 3. The first-order valence-corrected chi connectivity index (χ1v) is 7.36. The van der Waals surface area contributed by atoms with Crippen LogP contribution in [-0.4, -0.2) is 28.3 Å². The molecule has 0 fully saturated rings. The Morgan fingerprint density at radius 3 is 2.68 bits per heavy atom. The number of hydrogen-bond donors (Lipinski definition) is 1. The number of carbonyl (C=O) groups is 1. The van der Waals surface area contributed by atoms with Gasteiger partial charge in [-0.2, -0.15) is 13.2 Å². The van der Waals surface area contributed by atoms with Crippen LogP contribution in [0.2, 0.25) is 0 Å². The van der Waals surface area contributed by atoms with E-state index < -0.39 is 17.0 Å². The van der Waals surface area contributed by atoms with Gasteiger partial charge in [0, 0.05) is 19.3 Å². The maximum Gasteiger partial charge on any atom is 0.441 e. The monoisotopic (exact) mass is 330 g/mol. The van der Waals surface area contributed by atoms with Gasteiger partial charge in [0.2, 0.25) is 0 Å². The fourth-order valence-electron chi connectivity index (χ4n) is 2.01. The highest BCUT2D eigenvalue weighted by Crippen LogP contribution is 2.29. The number of rotatable bonds is 4. The molecule has 22 heavy (non-hydrogen) atoms. The van der Waals surface area contributed by atoms with E-state index in [0.29, 0.717) is 10.9 Å². The number of alkyl halides is 3. The van der Waals surface area contributed by atoms with Crippen molar-refractivity contribution in [3.63, 3.8) is 0 Å². The number of aromatic nitrogens is 1. The summed E-state index contributed by atoms with van der Waals surface area (Å²) in [6, 6.07) is 8.50. The lowest BCUT2D eigenvalue weighted by Gasteiger charge is -2.10. The number of benzene rings is 1. The molecule has 4 nitrogen and oxygen atoms in total. The zero-order valence-electron chi connectivity index (χ0n) is 11.6. The number of thioether (sulfide) groups is 1. The van der Waals surface area contributed by atoms with E-state index in [4.69, 9.17) is 0 Å². The molecule has 1 amide bonds. The van der Waals surface area contributed by atoms with Gasteiger partial charge in [-0.1, -0.05) is 18.2 Å². The van der Waals surface area contributed by atoms with Crippen molar-refractivity contribution >= 4 is 28.6 Å².